The quantitative estimate of drug-likeness (QED) is 0.0993. The first-order valence-electron chi connectivity index (χ1n) is 9.71. The molecule has 0 fully saturated rings. The molecule has 0 aromatic heterocycles. The maximum atomic E-state index is 10.9. The summed E-state index contributed by atoms with van der Waals surface area (Å²) in [4.78, 5) is 10.9. The van der Waals surface area contributed by atoms with Gasteiger partial charge in [-0.2, -0.15) is 0 Å². The molecule has 136 valence electrons. The van der Waals surface area contributed by atoms with Crippen molar-refractivity contribution in [2.75, 3.05) is 13.4 Å². The van der Waals surface area contributed by atoms with Gasteiger partial charge in [0.1, 0.15) is 0 Å². The Kier molecular flexibility index (Phi) is 18.5. The molecule has 0 aromatic rings. The summed E-state index contributed by atoms with van der Waals surface area (Å²) in [6, 6.07) is 0. The van der Waals surface area contributed by atoms with Crippen molar-refractivity contribution in [2.45, 2.75) is 97.3 Å². The predicted octanol–water partition coefficient (Wildman–Crippen LogP) is 6.17. The van der Waals surface area contributed by atoms with E-state index in [2.05, 4.69) is 13.8 Å². The number of unbranched alkanes of at least 4 members (excludes halogenated alkanes) is 11. The Morgan fingerprint density at radius 3 is 1.96 bits per heavy atom. The molecule has 0 aliphatic heterocycles. The van der Waals surface area contributed by atoms with Crippen LogP contribution in [-0.4, -0.2) is 19.7 Å². The van der Waals surface area contributed by atoms with E-state index in [0.717, 1.165) is 32.2 Å². The van der Waals surface area contributed by atoms with Gasteiger partial charge in [-0.05, 0) is 25.3 Å². The molecule has 0 rings (SSSR count). The second-order valence-electron chi connectivity index (χ2n) is 6.22. The lowest BCUT2D eigenvalue weighted by Crippen LogP contribution is -2.02. The highest BCUT2D eigenvalue weighted by Gasteiger charge is 1.97. The number of rotatable bonds is 18. The molecule has 23 heavy (non-hydrogen) atoms. The molecule has 0 spiro atoms. The topological polar surface area (TPSA) is 35.5 Å². The number of allylic oxidation sites excluding steroid dienone is 2. The van der Waals surface area contributed by atoms with Crippen LogP contribution < -0.4 is 0 Å². The summed E-state index contributed by atoms with van der Waals surface area (Å²) in [5.74, 6) is 0.414. The van der Waals surface area contributed by atoms with Crippen molar-refractivity contribution in [1.29, 1.82) is 0 Å². The number of aldehydes is 1. The first-order valence-corrected chi connectivity index (χ1v) is 9.71. The Hall–Kier alpha value is -0.830. The number of carbonyl (C=O) groups excluding carboxylic acids is 1. The van der Waals surface area contributed by atoms with Crippen LogP contribution in [-0.2, 0) is 14.3 Å². The van der Waals surface area contributed by atoms with Crippen LogP contribution in [0.5, 0.6) is 0 Å². The van der Waals surface area contributed by atoms with Crippen molar-refractivity contribution in [3.8, 4) is 0 Å². The number of ether oxygens (including phenoxy) is 2. The molecule has 0 aliphatic carbocycles. The third-order valence-electron chi connectivity index (χ3n) is 3.97. The Labute approximate surface area is 143 Å². The molecular formula is C20H38O3. The van der Waals surface area contributed by atoms with E-state index < -0.39 is 0 Å². The summed E-state index contributed by atoms with van der Waals surface area (Å²) in [5.41, 5.74) is 0. The minimum atomic E-state index is 0.191. The van der Waals surface area contributed by atoms with Crippen LogP contribution in [0.4, 0.5) is 0 Å². The van der Waals surface area contributed by atoms with E-state index in [1.807, 2.05) is 6.08 Å². The summed E-state index contributed by atoms with van der Waals surface area (Å²) in [6.45, 7) is 5.35. The molecule has 3 heteroatoms. The Morgan fingerprint density at radius 2 is 1.35 bits per heavy atom. The average Bonchev–Trinajstić information content (AvgIpc) is 2.57. The number of carbonyl (C=O) groups is 1. The van der Waals surface area contributed by atoms with Gasteiger partial charge in [0.25, 0.3) is 0 Å². The first-order chi connectivity index (χ1) is 11.3. The molecule has 0 aliphatic rings. The predicted molar refractivity (Wildman–Crippen MR) is 97.4 cm³/mol. The summed E-state index contributed by atoms with van der Waals surface area (Å²) in [6.07, 6.45) is 18.7. The smallest absolute Gasteiger partial charge is 0.189 e. The van der Waals surface area contributed by atoms with Gasteiger partial charge in [-0.15, -0.1) is 0 Å². The summed E-state index contributed by atoms with van der Waals surface area (Å²) < 4.78 is 10.8. The van der Waals surface area contributed by atoms with Gasteiger partial charge >= 0.3 is 0 Å². The Morgan fingerprint density at radius 1 is 0.783 bits per heavy atom. The van der Waals surface area contributed by atoms with Crippen molar-refractivity contribution < 1.29 is 14.3 Å². The zero-order chi connectivity index (χ0) is 17.0. The monoisotopic (exact) mass is 326 g/mol. The van der Waals surface area contributed by atoms with E-state index in [9.17, 15) is 4.79 Å². The number of hydrogen-bond acceptors (Lipinski definition) is 3. The van der Waals surface area contributed by atoms with E-state index in [-0.39, 0.29) is 6.79 Å². The molecule has 0 bridgehead atoms. The highest BCUT2D eigenvalue weighted by molar-refractivity contribution is 5.69. The van der Waals surface area contributed by atoms with Crippen LogP contribution in [0.15, 0.2) is 11.8 Å². The third-order valence-corrected chi connectivity index (χ3v) is 3.97. The lowest BCUT2D eigenvalue weighted by Gasteiger charge is -2.07. The van der Waals surface area contributed by atoms with Crippen molar-refractivity contribution in [3.05, 3.63) is 11.8 Å². The van der Waals surface area contributed by atoms with Crippen LogP contribution in [0.2, 0.25) is 0 Å². The lowest BCUT2D eigenvalue weighted by molar-refractivity contribution is -0.111. The van der Waals surface area contributed by atoms with Crippen molar-refractivity contribution in [1.82, 2.24) is 0 Å². The normalized spacial score (nSPS) is 11.7. The molecule has 0 radical (unpaired) electrons. The standard InChI is InChI=1S/C20H38O3/c1-3-5-7-9-10-11-13-15-17-22-19-23-20(18-21)16-14-12-8-6-4-2/h16,18H,3-15,17,19H2,1-2H3/b20-16+. The van der Waals surface area contributed by atoms with Gasteiger partial charge < -0.3 is 9.47 Å². The average molecular weight is 327 g/mol. The lowest BCUT2D eigenvalue weighted by atomic mass is 10.1. The maximum Gasteiger partial charge on any atom is 0.189 e. The second-order valence-corrected chi connectivity index (χ2v) is 6.22. The van der Waals surface area contributed by atoms with Gasteiger partial charge in [0.05, 0.1) is 6.61 Å². The maximum absolute atomic E-state index is 10.9. The summed E-state index contributed by atoms with van der Waals surface area (Å²) in [5, 5.41) is 0. The first kappa shape index (κ1) is 22.2. The van der Waals surface area contributed by atoms with E-state index in [1.54, 1.807) is 0 Å². The van der Waals surface area contributed by atoms with Gasteiger partial charge in [-0.1, -0.05) is 78.1 Å². The second kappa shape index (κ2) is 19.2. The summed E-state index contributed by atoms with van der Waals surface area (Å²) >= 11 is 0. The highest BCUT2D eigenvalue weighted by Crippen LogP contribution is 2.09. The molecule has 0 unspecified atom stereocenters. The zero-order valence-electron chi connectivity index (χ0n) is 15.5. The molecule has 0 saturated carbocycles. The van der Waals surface area contributed by atoms with Gasteiger partial charge in [-0.3, -0.25) is 4.79 Å². The molecule has 3 nitrogen and oxygen atoms in total. The van der Waals surface area contributed by atoms with Crippen LogP contribution in [0, 0.1) is 0 Å². The molecule has 0 aromatic carbocycles. The Bertz CT molecular complexity index is 274. The molecule has 0 amide bonds. The van der Waals surface area contributed by atoms with Crippen LogP contribution in [0.25, 0.3) is 0 Å². The largest absolute Gasteiger partial charge is 0.464 e. The van der Waals surface area contributed by atoms with Crippen molar-refractivity contribution in [3.63, 3.8) is 0 Å². The molecule has 0 saturated heterocycles. The van der Waals surface area contributed by atoms with Crippen LogP contribution >= 0.6 is 0 Å². The molecule has 0 atom stereocenters. The van der Waals surface area contributed by atoms with Crippen molar-refractivity contribution in [2.24, 2.45) is 0 Å². The molecule has 0 N–H and O–H groups in total. The molecular weight excluding hydrogens is 288 g/mol. The van der Waals surface area contributed by atoms with Crippen molar-refractivity contribution >= 4 is 6.29 Å². The third kappa shape index (κ3) is 17.4. The minimum Gasteiger partial charge on any atom is -0.464 e. The highest BCUT2D eigenvalue weighted by atomic mass is 16.7. The minimum absolute atomic E-state index is 0.191. The van der Waals surface area contributed by atoms with Gasteiger partial charge in [0, 0.05) is 0 Å². The van der Waals surface area contributed by atoms with E-state index in [0.29, 0.717) is 5.76 Å². The van der Waals surface area contributed by atoms with E-state index >= 15 is 0 Å². The van der Waals surface area contributed by atoms with Gasteiger partial charge in [0.2, 0.25) is 0 Å². The Balaban J connectivity index is 3.36. The SMILES string of the molecule is CCCCCC/C=C(\C=O)OCOCCCCCCCCCC. The van der Waals surface area contributed by atoms with E-state index in [4.69, 9.17) is 9.47 Å². The fourth-order valence-corrected chi connectivity index (χ4v) is 2.46. The molecule has 0 heterocycles. The summed E-state index contributed by atoms with van der Waals surface area (Å²) in [7, 11) is 0. The fraction of sp³-hybridized carbons (Fsp3) is 0.850. The van der Waals surface area contributed by atoms with Crippen LogP contribution in [0.3, 0.4) is 0 Å². The van der Waals surface area contributed by atoms with Crippen LogP contribution in [0.1, 0.15) is 97.3 Å². The van der Waals surface area contributed by atoms with Gasteiger partial charge in [0.15, 0.2) is 18.8 Å². The number of hydrogen-bond donors (Lipinski definition) is 0. The zero-order valence-corrected chi connectivity index (χ0v) is 15.5. The fourth-order valence-electron chi connectivity index (χ4n) is 2.46. The van der Waals surface area contributed by atoms with E-state index in [1.165, 1.54) is 64.2 Å². The van der Waals surface area contributed by atoms with Gasteiger partial charge in [-0.25, -0.2) is 0 Å².